The van der Waals surface area contributed by atoms with E-state index in [1.807, 2.05) is 34.5 Å². The molecule has 0 saturated carbocycles. The molecule has 2 aromatic rings. The number of rotatable bonds is 2. The molecule has 1 atom stereocenters. The summed E-state index contributed by atoms with van der Waals surface area (Å²) >= 11 is 11.7. The van der Waals surface area contributed by atoms with Crippen LogP contribution < -0.4 is 5.73 Å². The smallest absolute Gasteiger partial charge is 0.0755 e. The van der Waals surface area contributed by atoms with Crippen molar-refractivity contribution in [3.05, 3.63) is 42.7 Å². The quantitative estimate of drug-likeness (QED) is 0.895. The lowest BCUT2D eigenvalue weighted by atomic mass is 10.1. The Kier molecular flexibility index (Phi) is 3.50. The van der Waals surface area contributed by atoms with Gasteiger partial charge in [0, 0.05) is 20.4 Å². The molecule has 1 nitrogen and oxygen atoms in total. The van der Waals surface area contributed by atoms with E-state index in [2.05, 4.69) is 6.07 Å². The first-order valence-corrected chi connectivity index (χ1v) is 8.66. The molecule has 0 spiro atoms. The Hall–Kier alpha value is -0.000000000000000167. The van der Waals surface area contributed by atoms with Crippen LogP contribution in [-0.4, -0.2) is 5.75 Å². The minimum Gasteiger partial charge on any atom is -0.319 e. The minimum atomic E-state index is -0.0527. The fourth-order valence-electron chi connectivity index (χ4n) is 1.98. The SMILES string of the molecule is NC(c1cc2c(s1)CCSC2)c1sccc1Cl. The summed E-state index contributed by atoms with van der Waals surface area (Å²) < 4.78 is 0. The van der Waals surface area contributed by atoms with Gasteiger partial charge in [0.25, 0.3) is 0 Å². The average Bonchev–Trinajstić information content (AvgIpc) is 2.93. The largest absolute Gasteiger partial charge is 0.319 e. The minimum absolute atomic E-state index is 0.0527. The average molecular weight is 302 g/mol. The highest BCUT2D eigenvalue weighted by atomic mass is 35.5. The van der Waals surface area contributed by atoms with E-state index in [-0.39, 0.29) is 6.04 Å². The molecule has 0 fully saturated rings. The van der Waals surface area contributed by atoms with Gasteiger partial charge in [-0.2, -0.15) is 11.8 Å². The Morgan fingerprint density at radius 3 is 3.00 bits per heavy atom. The van der Waals surface area contributed by atoms with Crippen LogP contribution in [0, 0.1) is 0 Å². The van der Waals surface area contributed by atoms with E-state index in [1.54, 1.807) is 11.3 Å². The molecule has 2 aromatic heterocycles. The number of thioether (sulfide) groups is 1. The number of aryl methyl sites for hydroxylation is 1. The van der Waals surface area contributed by atoms with Crippen molar-refractivity contribution in [2.24, 2.45) is 5.73 Å². The van der Waals surface area contributed by atoms with E-state index in [4.69, 9.17) is 17.3 Å². The summed E-state index contributed by atoms with van der Waals surface area (Å²) in [6, 6.07) is 4.14. The molecule has 2 N–H and O–H groups in total. The molecule has 5 heteroatoms. The Labute approximate surface area is 118 Å². The van der Waals surface area contributed by atoms with E-state index in [1.165, 1.54) is 27.5 Å². The Balaban J connectivity index is 1.94. The van der Waals surface area contributed by atoms with Gasteiger partial charge in [-0.1, -0.05) is 11.6 Å². The van der Waals surface area contributed by atoms with Crippen molar-refractivity contribution in [1.29, 1.82) is 0 Å². The van der Waals surface area contributed by atoms with E-state index < -0.39 is 0 Å². The van der Waals surface area contributed by atoms with Gasteiger partial charge in [0.2, 0.25) is 0 Å². The van der Waals surface area contributed by atoms with Gasteiger partial charge in [-0.05, 0) is 35.2 Å². The van der Waals surface area contributed by atoms with E-state index in [0.717, 1.165) is 15.7 Å². The normalized spacial score (nSPS) is 16.8. The van der Waals surface area contributed by atoms with Gasteiger partial charge < -0.3 is 5.73 Å². The third kappa shape index (κ3) is 2.29. The maximum atomic E-state index is 6.30. The summed E-state index contributed by atoms with van der Waals surface area (Å²) in [5.74, 6) is 2.37. The summed E-state index contributed by atoms with van der Waals surface area (Å²) in [6.45, 7) is 0. The van der Waals surface area contributed by atoms with Crippen molar-refractivity contribution in [3.8, 4) is 0 Å². The van der Waals surface area contributed by atoms with Crippen LogP contribution in [0.3, 0.4) is 0 Å². The predicted octanol–water partition coefficient (Wildman–Crippen LogP) is 4.30. The van der Waals surface area contributed by atoms with E-state index >= 15 is 0 Å². The third-order valence-electron chi connectivity index (χ3n) is 2.88. The Bertz CT molecular complexity index is 508. The number of fused-ring (bicyclic) bond motifs is 1. The number of hydrogen-bond donors (Lipinski definition) is 1. The maximum absolute atomic E-state index is 6.30. The van der Waals surface area contributed by atoms with E-state index in [0.29, 0.717) is 0 Å². The number of thiophene rings is 2. The summed E-state index contributed by atoms with van der Waals surface area (Å²) in [4.78, 5) is 3.85. The summed E-state index contributed by atoms with van der Waals surface area (Å²) in [5, 5.41) is 2.80. The Morgan fingerprint density at radius 1 is 1.41 bits per heavy atom. The zero-order valence-electron chi connectivity index (χ0n) is 9.11. The molecule has 17 heavy (non-hydrogen) atoms. The van der Waals surface area contributed by atoms with Gasteiger partial charge >= 0.3 is 0 Å². The molecule has 0 amide bonds. The van der Waals surface area contributed by atoms with Crippen molar-refractivity contribution < 1.29 is 0 Å². The van der Waals surface area contributed by atoms with Crippen molar-refractivity contribution in [1.82, 2.24) is 0 Å². The van der Waals surface area contributed by atoms with Crippen LogP contribution in [0.5, 0.6) is 0 Å². The zero-order valence-corrected chi connectivity index (χ0v) is 12.3. The lowest BCUT2D eigenvalue weighted by molar-refractivity contribution is 0.916. The molecule has 0 aliphatic carbocycles. The summed E-state index contributed by atoms with van der Waals surface area (Å²) in [5.41, 5.74) is 7.78. The molecule has 0 saturated heterocycles. The second-order valence-electron chi connectivity index (χ2n) is 4.01. The van der Waals surface area contributed by atoms with Gasteiger partial charge in [-0.15, -0.1) is 22.7 Å². The van der Waals surface area contributed by atoms with Gasteiger partial charge in [0.15, 0.2) is 0 Å². The molecule has 1 aliphatic rings. The van der Waals surface area contributed by atoms with Gasteiger partial charge in [0.1, 0.15) is 0 Å². The second kappa shape index (κ2) is 4.94. The van der Waals surface area contributed by atoms with Gasteiger partial charge in [0.05, 0.1) is 11.1 Å². The molecule has 3 heterocycles. The maximum Gasteiger partial charge on any atom is 0.0755 e. The summed E-state index contributed by atoms with van der Waals surface area (Å²) in [7, 11) is 0. The summed E-state index contributed by atoms with van der Waals surface area (Å²) in [6.07, 6.45) is 1.19. The zero-order chi connectivity index (χ0) is 11.8. The highest BCUT2D eigenvalue weighted by Crippen LogP contribution is 2.38. The van der Waals surface area contributed by atoms with Crippen LogP contribution >= 0.6 is 46.0 Å². The van der Waals surface area contributed by atoms with Crippen molar-refractivity contribution in [3.63, 3.8) is 0 Å². The topological polar surface area (TPSA) is 26.0 Å². The van der Waals surface area contributed by atoms with Crippen LogP contribution in [0.2, 0.25) is 5.02 Å². The van der Waals surface area contributed by atoms with Gasteiger partial charge in [-0.25, -0.2) is 0 Å². The molecular weight excluding hydrogens is 290 g/mol. The predicted molar refractivity (Wildman–Crippen MR) is 79.5 cm³/mol. The van der Waals surface area contributed by atoms with Crippen LogP contribution in [0.1, 0.15) is 26.2 Å². The molecule has 0 radical (unpaired) electrons. The van der Waals surface area contributed by atoms with Crippen molar-refractivity contribution in [2.45, 2.75) is 18.2 Å². The molecule has 0 bridgehead atoms. The highest BCUT2D eigenvalue weighted by molar-refractivity contribution is 7.98. The lowest BCUT2D eigenvalue weighted by Gasteiger charge is -2.08. The van der Waals surface area contributed by atoms with E-state index in [9.17, 15) is 0 Å². The standard InChI is InChI=1S/C12H12ClNS3/c13-8-1-4-16-12(8)11(14)10-5-7-6-15-3-2-9(7)17-10/h1,4-5,11H,2-3,6,14H2. The third-order valence-corrected chi connectivity index (χ3v) is 6.65. The van der Waals surface area contributed by atoms with Crippen LogP contribution in [0.15, 0.2) is 17.5 Å². The number of hydrogen-bond acceptors (Lipinski definition) is 4. The first kappa shape index (κ1) is 12.1. The first-order chi connectivity index (χ1) is 8.25. The van der Waals surface area contributed by atoms with Crippen molar-refractivity contribution >= 4 is 46.0 Å². The fraction of sp³-hybridized carbons (Fsp3) is 0.333. The molecular formula is C12H12ClNS3. The molecule has 90 valence electrons. The first-order valence-electron chi connectivity index (χ1n) is 5.43. The van der Waals surface area contributed by atoms with Crippen molar-refractivity contribution in [2.75, 3.05) is 5.75 Å². The molecule has 1 unspecified atom stereocenters. The number of nitrogens with two attached hydrogens (primary N) is 1. The monoisotopic (exact) mass is 301 g/mol. The van der Waals surface area contributed by atoms with Crippen LogP contribution in [0.4, 0.5) is 0 Å². The van der Waals surface area contributed by atoms with Crippen LogP contribution in [-0.2, 0) is 12.2 Å². The number of halogens is 1. The molecule has 0 aromatic carbocycles. The Morgan fingerprint density at radius 2 is 2.29 bits per heavy atom. The highest BCUT2D eigenvalue weighted by Gasteiger charge is 2.20. The van der Waals surface area contributed by atoms with Crippen LogP contribution in [0.25, 0.3) is 0 Å². The molecule has 1 aliphatic heterocycles. The second-order valence-corrected chi connectivity index (χ2v) is 7.64. The fourth-order valence-corrected chi connectivity index (χ4v) is 5.64. The van der Waals surface area contributed by atoms with Gasteiger partial charge in [-0.3, -0.25) is 0 Å². The lowest BCUT2D eigenvalue weighted by Crippen LogP contribution is -2.08. The molecule has 3 rings (SSSR count).